The van der Waals surface area contributed by atoms with Gasteiger partial charge in [-0.05, 0) is 24.5 Å². The van der Waals surface area contributed by atoms with E-state index in [0.717, 1.165) is 12.1 Å². The standard InChI is InChI=1S/C15H20N2OS2/c1-11(2)9-12(14(18)19)10-17(3)15(20)16-13-7-5-4-6-8-13/h4-8,10-12H,9H2,1-3H3,(H-,16,18,19,20)/p+1/b17-10+/t12-/m0/s1. The average Bonchev–Trinajstić information content (AvgIpc) is 2.38. The fraction of sp³-hybridized carbons (Fsp3) is 0.400. The molecular weight excluding hydrogens is 288 g/mol. The van der Waals surface area contributed by atoms with Gasteiger partial charge in [0.2, 0.25) is 0 Å². The smallest absolute Gasteiger partial charge is 0.287 e. The Kier molecular flexibility index (Phi) is 6.88. The number of carbonyl (C=O) groups is 1. The molecule has 0 aliphatic carbocycles. The van der Waals surface area contributed by atoms with Gasteiger partial charge >= 0.3 is 5.11 Å². The monoisotopic (exact) mass is 309 g/mol. The van der Waals surface area contributed by atoms with Crippen molar-refractivity contribution in [2.24, 2.45) is 11.8 Å². The zero-order chi connectivity index (χ0) is 15.1. The summed E-state index contributed by atoms with van der Waals surface area (Å²) in [7, 11) is 1.84. The van der Waals surface area contributed by atoms with E-state index in [-0.39, 0.29) is 11.0 Å². The Bertz CT molecular complexity index is 498. The number of rotatable bonds is 5. The van der Waals surface area contributed by atoms with Gasteiger partial charge in [-0.25, -0.2) is 9.89 Å². The summed E-state index contributed by atoms with van der Waals surface area (Å²) >= 11 is 9.27. The van der Waals surface area contributed by atoms with Crippen molar-refractivity contribution >= 4 is 47.0 Å². The first-order valence-corrected chi connectivity index (χ1v) is 7.42. The molecule has 0 fully saturated rings. The fourth-order valence-corrected chi connectivity index (χ4v) is 2.15. The van der Waals surface area contributed by atoms with Crippen molar-refractivity contribution in [3.05, 3.63) is 30.3 Å². The first-order chi connectivity index (χ1) is 9.40. The maximum atomic E-state index is 11.5. The van der Waals surface area contributed by atoms with Crippen LogP contribution in [0.25, 0.3) is 0 Å². The number of hydrogen-bond acceptors (Lipinski definition) is 2. The second-order valence-corrected chi connectivity index (χ2v) is 5.96. The minimum Gasteiger partial charge on any atom is -0.287 e. The minimum absolute atomic E-state index is 0.131. The minimum atomic E-state index is -0.223. The van der Waals surface area contributed by atoms with E-state index in [0.29, 0.717) is 11.0 Å². The lowest BCUT2D eigenvalue weighted by Gasteiger charge is -2.11. The van der Waals surface area contributed by atoms with Crippen LogP contribution in [0.2, 0.25) is 0 Å². The van der Waals surface area contributed by atoms with E-state index in [1.54, 1.807) is 4.58 Å². The van der Waals surface area contributed by atoms with Gasteiger partial charge in [-0.15, -0.1) is 12.6 Å². The molecule has 0 aliphatic heterocycles. The summed E-state index contributed by atoms with van der Waals surface area (Å²) in [5.41, 5.74) is 0.926. The molecule has 1 atom stereocenters. The molecule has 0 saturated carbocycles. The van der Waals surface area contributed by atoms with Crippen molar-refractivity contribution in [3.63, 3.8) is 0 Å². The van der Waals surface area contributed by atoms with Crippen LogP contribution in [-0.2, 0) is 4.79 Å². The predicted molar refractivity (Wildman–Crippen MR) is 91.8 cm³/mol. The molecule has 0 aliphatic rings. The Morgan fingerprint density at radius 1 is 1.40 bits per heavy atom. The van der Waals surface area contributed by atoms with Crippen molar-refractivity contribution in [2.75, 3.05) is 12.4 Å². The number of thiocarbonyl (C=S) groups is 1. The molecule has 108 valence electrons. The lowest BCUT2D eigenvalue weighted by Crippen LogP contribution is -2.28. The number of nitrogens with zero attached hydrogens (tertiary/aromatic N) is 1. The van der Waals surface area contributed by atoms with Crippen LogP contribution in [0.1, 0.15) is 20.3 Å². The summed E-state index contributed by atoms with van der Waals surface area (Å²) < 4.78 is 1.77. The van der Waals surface area contributed by atoms with Gasteiger partial charge in [0.25, 0.3) is 0 Å². The summed E-state index contributed by atoms with van der Waals surface area (Å²) in [6.45, 7) is 4.16. The largest absolute Gasteiger partial charge is 0.348 e. The van der Waals surface area contributed by atoms with E-state index in [1.165, 1.54) is 0 Å². The zero-order valence-electron chi connectivity index (χ0n) is 12.0. The first-order valence-electron chi connectivity index (χ1n) is 6.56. The Hall–Kier alpha value is -1.20. The van der Waals surface area contributed by atoms with E-state index in [4.69, 9.17) is 12.2 Å². The van der Waals surface area contributed by atoms with Crippen molar-refractivity contribution in [1.29, 1.82) is 0 Å². The Balaban J connectivity index is 2.75. The SMILES string of the molecule is CC(C)C[C@@H](/C=[N+](\C)C(=S)Nc1ccccc1)C(=O)S. The van der Waals surface area contributed by atoms with E-state index < -0.39 is 0 Å². The Morgan fingerprint density at radius 3 is 2.50 bits per heavy atom. The van der Waals surface area contributed by atoms with E-state index in [1.807, 2.05) is 43.6 Å². The van der Waals surface area contributed by atoms with Gasteiger partial charge in [-0.1, -0.05) is 32.0 Å². The van der Waals surface area contributed by atoms with Gasteiger partial charge in [0.05, 0.1) is 19.2 Å². The zero-order valence-corrected chi connectivity index (χ0v) is 13.7. The van der Waals surface area contributed by atoms with Crippen LogP contribution in [0.3, 0.4) is 0 Å². The molecule has 0 aromatic heterocycles. The van der Waals surface area contributed by atoms with Crippen LogP contribution < -0.4 is 5.32 Å². The van der Waals surface area contributed by atoms with Crippen LogP contribution >= 0.6 is 24.8 Å². The molecular formula is C15H21N2OS2+. The van der Waals surface area contributed by atoms with E-state index in [9.17, 15) is 4.79 Å². The highest BCUT2D eigenvalue weighted by Gasteiger charge is 2.18. The van der Waals surface area contributed by atoms with Gasteiger partial charge in [-0.2, -0.15) is 0 Å². The molecule has 1 aromatic rings. The molecule has 3 nitrogen and oxygen atoms in total. The highest BCUT2D eigenvalue weighted by atomic mass is 32.1. The van der Waals surface area contributed by atoms with Crippen LogP contribution in [0.5, 0.6) is 0 Å². The lowest BCUT2D eigenvalue weighted by molar-refractivity contribution is -0.363. The highest BCUT2D eigenvalue weighted by Crippen LogP contribution is 2.13. The van der Waals surface area contributed by atoms with Crippen LogP contribution in [0.15, 0.2) is 30.3 Å². The topological polar surface area (TPSA) is 32.1 Å². The number of nitrogens with one attached hydrogen (secondary N) is 1. The van der Waals surface area contributed by atoms with Crippen LogP contribution in [-0.4, -0.2) is 28.1 Å². The second-order valence-electron chi connectivity index (χ2n) is 5.13. The molecule has 0 saturated heterocycles. The Labute approximate surface area is 131 Å². The van der Waals surface area contributed by atoms with E-state index >= 15 is 0 Å². The fourth-order valence-electron chi connectivity index (χ4n) is 1.80. The van der Waals surface area contributed by atoms with Crippen molar-refractivity contribution in [1.82, 2.24) is 0 Å². The van der Waals surface area contributed by atoms with Gasteiger partial charge < -0.3 is 0 Å². The molecule has 0 heterocycles. The third kappa shape index (κ3) is 5.84. The number of para-hydroxylation sites is 1. The number of anilines is 1. The maximum Gasteiger partial charge on any atom is 0.348 e. The molecule has 0 bridgehead atoms. The number of benzene rings is 1. The predicted octanol–water partition coefficient (Wildman–Crippen LogP) is 3.22. The lowest BCUT2D eigenvalue weighted by atomic mass is 9.99. The Morgan fingerprint density at radius 2 is 2.00 bits per heavy atom. The van der Waals surface area contributed by atoms with Gasteiger partial charge in [0.1, 0.15) is 5.69 Å². The summed E-state index contributed by atoms with van der Waals surface area (Å²) in [4.78, 5) is 11.5. The van der Waals surface area contributed by atoms with Gasteiger partial charge in [0, 0.05) is 12.2 Å². The molecule has 1 N–H and O–H groups in total. The summed E-state index contributed by atoms with van der Waals surface area (Å²) in [5.74, 6) is 0.204. The third-order valence-electron chi connectivity index (χ3n) is 2.79. The second kappa shape index (κ2) is 8.17. The molecule has 0 radical (unpaired) electrons. The van der Waals surface area contributed by atoms with E-state index in [2.05, 4.69) is 31.8 Å². The van der Waals surface area contributed by atoms with Crippen molar-refractivity contribution < 1.29 is 9.37 Å². The molecule has 0 amide bonds. The van der Waals surface area contributed by atoms with Crippen molar-refractivity contribution in [2.45, 2.75) is 20.3 Å². The molecule has 1 rings (SSSR count). The van der Waals surface area contributed by atoms with Crippen LogP contribution in [0.4, 0.5) is 5.69 Å². The van der Waals surface area contributed by atoms with Gasteiger partial charge in [0.15, 0.2) is 5.12 Å². The quantitative estimate of drug-likeness (QED) is 0.379. The highest BCUT2D eigenvalue weighted by molar-refractivity contribution is 7.96. The molecule has 5 heteroatoms. The molecule has 20 heavy (non-hydrogen) atoms. The number of carbonyl (C=O) groups excluding carboxylic acids is 1. The number of hydrogen-bond donors (Lipinski definition) is 2. The normalized spacial score (nSPS) is 13.2. The molecule has 0 spiro atoms. The molecule has 1 aromatic carbocycles. The van der Waals surface area contributed by atoms with Gasteiger partial charge in [-0.3, -0.25) is 4.79 Å². The summed E-state index contributed by atoms with van der Waals surface area (Å²) in [6.07, 6.45) is 2.59. The summed E-state index contributed by atoms with van der Waals surface area (Å²) in [6, 6.07) is 9.70. The average molecular weight is 309 g/mol. The summed E-state index contributed by atoms with van der Waals surface area (Å²) in [5, 5.41) is 3.55. The van der Waals surface area contributed by atoms with Crippen molar-refractivity contribution in [3.8, 4) is 0 Å². The maximum absolute atomic E-state index is 11.5. The third-order valence-corrected chi connectivity index (χ3v) is 3.51. The van der Waals surface area contributed by atoms with Crippen LogP contribution in [0, 0.1) is 11.8 Å². The number of thiol groups is 1. The first kappa shape index (κ1) is 16.9. The molecule has 0 unspecified atom stereocenters.